The van der Waals surface area contributed by atoms with Crippen molar-refractivity contribution in [2.24, 2.45) is 11.8 Å². The molecule has 2 saturated carbocycles. The molecule has 1 heterocycles. The maximum absolute atomic E-state index is 6.39. The fourth-order valence-corrected chi connectivity index (χ4v) is 4.71. The van der Waals surface area contributed by atoms with Gasteiger partial charge in [0.05, 0.1) is 6.10 Å². The van der Waals surface area contributed by atoms with E-state index >= 15 is 0 Å². The van der Waals surface area contributed by atoms with E-state index in [2.05, 4.69) is 17.1 Å². The summed E-state index contributed by atoms with van der Waals surface area (Å²) in [5.41, 5.74) is 0. The largest absolute Gasteiger partial charge is 0.381 e. The van der Waals surface area contributed by atoms with Crippen LogP contribution in [0.2, 0.25) is 0 Å². The molecule has 108 valence electrons. The van der Waals surface area contributed by atoms with Crippen LogP contribution < -0.4 is 5.32 Å². The van der Waals surface area contributed by atoms with Crippen LogP contribution in [0.15, 0.2) is 24.4 Å². The van der Waals surface area contributed by atoms with Crippen molar-refractivity contribution in [2.45, 2.75) is 57.5 Å². The van der Waals surface area contributed by atoms with E-state index in [1.165, 1.54) is 56.7 Å². The summed E-state index contributed by atoms with van der Waals surface area (Å²) in [5, 5.41) is 1.18. The fourth-order valence-electron chi connectivity index (χ4n) is 3.91. The van der Waals surface area contributed by atoms with Gasteiger partial charge in [0.25, 0.3) is 0 Å². The van der Waals surface area contributed by atoms with Gasteiger partial charge < -0.3 is 4.74 Å². The average molecular weight is 287 g/mol. The molecular formula is C17H25NOSi. The summed E-state index contributed by atoms with van der Waals surface area (Å²) < 4.78 is 6.39. The van der Waals surface area contributed by atoms with Gasteiger partial charge in [-0.3, -0.25) is 4.98 Å². The smallest absolute Gasteiger partial charge is 0.140 e. The fraction of sp³-hybridized carbons (Fsp3) is 0.706. The zero-order valence-corrected chi connectivity index (χ0v) is 13.3. The molecule has 0 amide bonds. The summed E-state index contributed by atoms with van der Waals surface area (Å²) in [5.74, 6) is 1.68. The van der Waals surface area contributed by atoms with Gasteiger partial charge >= 0.3 is 0 Å². The van der Waals surface area contributed by atoms with E-state index in [-0.39, 0.29) is 0 Å². The number of pyridine rings is 1. The van der Waals surface area contributed by atoms with E-state index in [1.807, 2.05) is 12.3 Å². The standard InChI is InChI=1S/C17H25NOSi/c1-2-8-14(7-1)17(15-9-3-4-10-15)19-13-20-16-11-5-6-12-18-16/h5-6,11-12,14-15,17H,1-4,7-10,13H2. The Bertz CT molecular complexity index is 369. The molecule has 3 heteroatoms. The van der Waals surface area contributed by atoms with Crippen LogP contribution in [0.25, 0.3) is 0 Å². The van der Waals surface area contributed by atoms with E-state index in [4.69, 9.17) is 4.74 Å². The second kappa shape index (κ2) is 7.37. The lowest BCUT2D eigenvalue weighted by molar-refractivity contribution is -0.00168. The van der Waals surface area contributed by atoms with Gasteiger partial charge in [-0.25, -0.2) is 0 Å². The Morgan fingerprint density at radius 3 is 2.25 bits per heavy atom. The van der Waals surface area contributed by atoms with Gasteiger partial charge in [-0.1, -0.05) is 31.7 Å². The Balaban J connectivity index is 1.52. The highest BCUT2D eigenvalue weighted by Gasteiger charge is 2.33. The topological polar surface area (TPSA) is 22.1 Å². The number of ether oxygens (including phenoxy) is 1. The van der Waals surface area contributed by atoms with Crippen molar-refractivity contribution >= 4 is 14.8 Å². The predicted octanol–water partition coefficient (Wildman–Crippen LogP) is 3.13. The Hall–Kier alpha value is -0.673. The summed E-state index contributed by atoms with van der Waals surface area (Å²) in [6.45, 7) is 0. The molecule has 2 aliphatic rings. The third kappa shape index (κ3) is 3.70. The highest BCUT2D eigenvalue weighted by Crippen LogP contribution is 2.38. The van der Waals surface area contributed by atoms with Gasteiger partial charge in [0.1, 0.15) is 9.52 Å². The highest BCUT2D eigenvalue weighted by atomic mass is 28.2. The molecule has 1 aromatic heterocycles. The van der Waals surface area contributed by atoms with E-state index in [0.29, 0.717) is 15.6 Å². The zero-order chi connectivity index (χ0) is 13.6. The van der Waals surface area contributed by atoms with Gasteiger partial charge in [0.2, 0.25) is 0 Å². The second-order valence-corrected chi connectivity index (χ2v) is 7.41. The molecule has 0 atom stereocenters. The molecule has 3 rings (SSSR count). The average Bonchev–Trinajstić information content (AvgIpc) is 3.18. The molecule has 2 aliphatic carbocycles. The van der Waals surface area contributed by atoms with Gasteiger partial charge in [0.15, 0.2) is 0 Å². The van der Waals surface area contributed by atoms with Crippen LogP contribution in [0.5, 0.6) is 0 Å². The molecule has 1 aromatic rings. The van der Waals surface area contributed by atoms with Crippen molar-refractivity contribution in [1.29, 1.82) is 0 Å². The molecule has 0 spiro atoms. The molecule has 0 aliphatic heterocycles. The first kappa shape index (κ1) is 14.3. The molecular weight excluding hydrogens is 262 g/mol. The van der Waals surface area contributed by atoms with Crippen molar-refractivity contribution in [3.63, 3.8) is 0 Å². The number of nitrogens with zero attached hydrogens (tertiary/aromatic N) is 1. The highest BCUT2D eigenvalue weighted by molar-refractivity contribution is 6.52. The van der Waals surface area contributed by atoms with Gasteiger partial charge in [-0.15, -0.1) is 0 Å². The minimum absolute atomic E-state index is 0.538. The molecule has 20 heavy (non-hydrogen) atoms. The molecule has 0 bridgehead atoms. The van der Waals surface area contributed by atoms with E-state index in [0.717, 1.165) is 18.1 Å². The number of hydrogen-bond donors (Lipinski definition) is 0. The molecule has 2 fully saturated rings. The number of aromatic nitrogens is 1. The summed E-state index contributed by atoms with van der Waals surface area (Å²) >= 11 is 0. The summed E-state index contributed by atoms with van der Waals surface area (Å²) in [4.78, 5) is 4.40. The SMILES string of the molecule is c1ccc([Si]COC(C2CCCC2)C2CCCC2)nc1. The van der Waals surface area contributed by atoms with Crippen LogP contribution in [0.1, 0.15) is 51.4 Å². The maximum atomic E-state index is 6.39. The molecule has 0 aromatic carbocycles. The van der Waals surface area contributed by atoms with Crippen LogP contribution >= 0.6 is 0 Å². The normalized spacial score (nSPS) is 21.1. The lowest BCUT2D eigenvalue weighted by Gasteiger charge is -2.29. The number of hydrogen-bond acceptors (Lipinski definition) is 2. The minimum atomic E-state index is 0.538. The lowest BCUT2D eigenvalue weighted by Crippen LogP contribution is -2.33. The molecule has 0 unspecified atom stereocenters. The number of rotatable bonds is 6. The van der Waals surface area contributed by atoms with Crippen LogP contribution in [-0.2, 0) is 4.74 Å². The first-order valence-electron chi connectivity index (χ1n) is 8.20. The van der Waals surface area contributed by atoms with Crippen molar-refractivity contribution < 1.29 is 4.74 Å². The van der Waals surface area contributed by atoms with Crippen LogP contribution in [0, 0.1) is 11.8 Å². The molecule has 2 radical (unpaired) electrons. The van der Waals surface area contributed by atoms with Crippen LogP contribution in [0.4, 0.5) is 0 Å². The first-order chi connectivity index (χ1) is 9.93. The molecule has 2 nitrogen and oxygen atoms in total. The monoisotopic (exact) mass is 287 g/mol. The van der Waals surface area contributed by atoms with Gasteiger partial charge in [0, 0.05) is 17.7 Å². The van der Waals surface area contributed by atoms with Crippen LogP contribution in [0.3, 0.4) is 0 Å². The Morgan fingerprint density at radius 2 is 1.70 bits per heavy atom. The predicted molar refractivity (Wildman–Crippen MR) is 83.3 cm³/mol. The van der Waals surface area contributed by atoms with E-state index in [9.17, 15) is 0 Å². The van der Waals surface area contributed by atoms with E-state index < -0.39 is 0 Å². The van der Waals surface area contributed by atoms with Gasteiger partial charge in [-0.2, -0.15) is 0 Å². The third-order valence-electron chi connectivity index (χ3n) is 4.92. The third-order valence-corrected chi connectivity index (χ3v) is 5.89. The van der Waals surface area contributed by atoms with E-state index in [1.54, 1.807) is 0 Å². The first-order valence-corrected chi connectivity index (χ1v) is 9.41. The van der Waals surface area contributed by atoms with Gasteiger partial charge in [-0.05, 0) is 49.7 Å². The Morgan fingerprint density at radius 1 is 1.05 bits per heavy atom. The zero-order valence-electron chi connectivity index (χ0n) is 12.3. The lowest BCUT2D eigenvalue weighted by atomic mass is 9.88. The Labute approximate surface area is 125 Å². The molecule has 0 saturated heterocycles. The summed E-state index contributed by atoms with van der Waals surface area (Å²) in [6, 6.07) is 6.16. The Kier molecular flexibility index (Phi) is 5.26. The van der Waals surface area contributed by atoms with Crippen molar-refractivity contribution in [3.05, 3.63) is 24.4 Å². The summed E-state index contributed by atoms with van der Waals surface area (Å²) in [6.07, 6.45) is 14.5. The molecule has 0 N–H and O–H groups in total. The van der Waals surface area contributed by atoms with Crippen molar-refractivity contribution in [3.8, 4) is 0 Å². The maximum Gasteiger partial charge on any atom is 0.140 e. The quantitative estimate of drug-likeness (QED) is 0.750. The van der Waals surface area contributed by atoms with Crippen molar-refractivity contribution in [2.75, 3.05) is 6.23 Å². The second-order valence-electron chi connectivity index (χ2n) is 6.26. The van der Waals surface area contributed by atoms with Crippen molar-refractivity contribution in [1.82, 2.24) is 4.98 Å². The van der Waals surface area contributed by atoms with Crippen LogP contribution in [-0.4, -0.2) is 26.8 Å². The minimum Gasteiger partial charge on any atom is -0.381 e. The summed E-state index contributed by atoms with van der Waals surface area (Å²) in [7, 11) is 0.696.